The van der Waals surface area contributed by atoms with Crippen molar-refractivity contribution in [3.63, 3.8) is 0 Å². The topological polar surface area (TPSA) is 103 Å². The fourth-order valence-corrected chi connectivity index (χ4v) is 4.23. The van der Waals surface area contributed by atoms with Gasteiger partial charge in [0.25, 0.3) is 17.7 Å². The van der Waals surface area contributed by atoms with E-state index < -0.39 is 0 Å². The van der Waals surface area contributed by atoms with Gasteiger partial charge in [-0.05, 0) is 56.2 Å². The summed E-state index contributed by atoms with van der Waals surface area (Å²) in [6.45, 7) is 9.56. The normalized spacial score (nSPS) is 14.3. The molecule has 0 bridgehead atoms. The van der Waals surface area contributed by atoms with E-state index in [4.69, 9.17) is 0 Å². The molecule has 2 aromatic carbocycles. The van der Waals surface area contributed by atoms with E-state index in [1.165, 1.54) is 0 Å². The third-order valence-electron chi connectivity index (χ3n) is 6.11. The predicted octanol–water partition coefficient (Wildman–Crippen LogP) is 4.53. The molecule has 7 nitrogen and oxygen atoms in total. The first-order valence-corrected chi connectivity index (χ1v) is 11.4. The minimum atomic E-state index is -0.264. The minimum Gasteiger partial charge on any atom is -0.358 e. The molecule has 178 valence electrons. The molecule has 0 spiro atoms. The Morgan fingerprint density at radius 3 is 2.54 bits per heavy atom. The van der Waals surface area contributed by atoms with Crippen molar-refractivity contribution in [1.82, 2.24) is 15.6 Å². The number of carbonyl (C=O) groups is 3. The van der Waals surface area contributed by atoms with Gasteiger partial charge in [0.15, 0.2) is 0 Å². The van der Waals surface area contributed by atoms with E-state index in [1.54, 1.807) is 30.4 Å². The number of carbonyl (C=O) groups excluding carboxylic acids is 3. The maximum absolute atomic E-state index is 12.9. The summed E-state index contributed by atoms with van der Waals surface area (Å²) in [5, 5.41) is 8.64. The summed E-state index contributed by atoms with van der Waals surface area (Å²) in [4.78, 5) is 41.5. The molecule has 1 aromatic heterocycles. The Labute approximate surface area is 204 Å². The maximum atomic E-state index is 12.9. The van der Waals surface area contributed by atoms with E-state index in [-0.39, 0.29) is 23.8 Å². The highest BCUT2D eigenvalue weighted by Crippen LogP contribution is 2.35. The first-order valence-electron chi connectivity index (χ1n) is 11.4. The molecule has 0 unspecified atom stereocenters. The highest BCUT2D eigenvalue weighted by atomic mass is 16.2. The molecule has 3 amide bonds. The van der Waals surface area contributed by atoms with Crippen LogP contribution in [0.1, 0.15) is 61.8 Å². The molecule has 0 saturated heterocycles. The summed E-state index contributed by atoms with van der Waals surface area (Å²) in [7, 11) is 0. The number of aromatic amines is 1. The van der Waals surface area contributed by atoms with E-state index in [0.29, 0.717) is 45.9 Å². The van der Waals surface area contributed by atoms with Crippen LogP contribution < -0.4 is 16.0 Å². The van der Waals surface area contributed by atoms with Gasteiger partial charge in [-0.2, -0.15) is 0 Å². The van der Waals surface area contributed by atoms with Crippen LogP contribution in [0.3, 0.4) is 0 Å². The largest absolute Gasteiger partial charge is 0.358 e. The minimum absolute atomic E-state index is 0.165. The molecule has 4 rings (SSSR count). The third-order valence-corrected chi connectivity index (χ3v) is 6.11. The molecule has 0 aliphatic carbocycles. The van der Waals surface area contributed by atoms with Crippen LogP contribution in [0.2, 0.25) is 0 Å². The average molecular weight is 469 g/mol. The Hall–Kier alpha value is -4.39. The zero-order valence-electron chi connectivity index (χ0n) is 20.0. The monoisotopic (exact) mass is 468 g/mol. The van der Waals surface area contributed by atoms with Crippen molar-refractivity contribution in [2.24, 2.45) is 0 Å². The Balaban J connectivity index is 1.63. The number of nitrogens with one attached hydrogen (secondary N) is 4. The maximum Gasteiger partial charge on any atom is 0.256 e. The van der Waals surface area contributed by atoms with Gasteiger partial charge in [0, 0.05) is 34.7 Å². The quantitative estimate of drug-likeness (QED) is 0.303. The lowest BCUT2D eigenvalue weighted by molar-refractivity contribution is -0.110. The van der Waals surface area contributed by atoms with Crippen molar-refractivity contribution >= 4 is 35.1 Å². The molecule has 0 radical (unpaired) electrons. The van der Waals surface area contributed by atoms with Crippen LogP contribution in [-0.4, -0.2) is 29.3 Å². The Bertz CT molecular complexity index is 1350. The van der Waals surface area contributed by atoms with E-state index >= 15 is 0 Å². The molecule has 1 aliphatic heterocycles. The zero-order valence-corrected chi connectivity index (χ0v) is 20.0. The van der Waals surface area contributed by atoms with Crippen LogP contribution in [-0.2, 0) is 4.79 Å². The number of H-pyrrole nitrogens is 1. The SMILES string of the molecule is C=CCNC(=O)c1c(C)[nH]c(/C=C2\C(=O)Nc3ccc(C(=O)N[C@H](C)c4ccccc4)cc32)c1C. The average Bonchev–Trinajstić information content (AvgIpc) is 3.32. The number of aryl methyl sites for hydroxylation is 1. The van der Waals surface area contributed by atoms with Crippen molar-refractivity contribution in [2.45, 2.75) is 26.8 Å². The third kappa shape index (κ3) is 4.80. The molecule has 0 fully saturated rings. The fourth-order valence-electron chi connectivity index (χ4n) is 4.23. The number of aromatic nitrogens is 1. The highest BCUT2D eigenvalue weighted by molar-refractivity contribution is 6.35. The molecule has 1 atom stereocenters. The summed E-state index contributed by atoms with van der Waals surface area (Å²) in [6, 6.07) is 14.7. The van der Waals surface area contributed by atoms with Crippen LogP contribution >= 0.6 is 0 Å². The summed E-state index contributed by atoms with van der Waals surface area (Å²) in [6.07, 6.45) is 3.34. The lowest BCUT2D eigenvalue weighted by Gasteiger charge is -2.14. The molecule has 3 aromatic rings. The van der Waals surface area contributed by atoms with E-state index in [0.717, 1.165) is 11.1 Å². The molecule has 0 saturated carbocycles. The van der Waals surface area contributed by atoms with E-state index in [9.17, 15) is 14.4 Å². The van der Waals surface area contributed by atoms with Gasteiger partial charge >= 0.3 is 0 Å². The van der Waals surface area contributed by atoms with Gasteiger partial charge < -0.3 is 20.9 Å². The van der Waals surface area contributed by atoms with Crippen molar-refractivity contribution < 1.29 is 14.4 Å². The summed E-state index contributed by atoms with van der Waals surface area (Å²) in [5.41, 5.74) is 5.81. The van der Waals surface area contributed by atoms with Gasteiger partial charge in [-0.25, -0.2) is 0 Å². The zero-order chi connectivity index (χ0) is 25.1. The van der Waals surface area contributed by atoms with Gasteiger partial charge in [0.1, 0.15) is 0 Å². The fraction of sp³-hybridized carbons (Fsp3) is 0.179. The Morgan fingerprint density at radius 1 is 1.09 bits per heavy atom. The standard InChI is InChI=1S/C28H28N4O3/c1-5-13-29-28(35)25-16(2)24(30-18(25)4)15-22-21-14-20(11-12-23(21)32-27(22)34)26(33)31-17(3)19-9-7-6-8-10-19/h5-12,14-15,17,30H,1,13H2,2-4H3,(H,29,35)(H,31,33)(H,32,34)/b22-15-/t17-/m1/s1. The lowest BCUT2D eigenvalue weighted by atomic mass is 10.0. The molecule has 7 heteroatoms. The van der Waals surface area contributed by atoms with Gasteiger partial charge in [-0.1, -0.05) is 36.4 Å². The molecular formula is C28H28N4O3. The van der Waals surface area contributed by atoms with Crippen LogP contribution in [0.15, 0.2) is 61.2 Å². The van der Waals surface area contributed by atoms with Crippen molar-refractivity contribution in [3.05, 3.63) is 100 Å². The number of fused-ring (bicyclic) bond motifs is 1. The van der Waals surface area contributed by atoms with Crippen LogP contribution in [0.25, 0.3) is 11.6 Å². The second kappa shape index (κ2) is 9.85. The van der Waals surface area contributed by atoms with Gasteiger partial charge in [0.05, 0.1) is 17.2 Å². The lowest BCUT2D eigenvalue weighted by Crippen LogP contribution is -2.26. The first kappa shape index (κ1) is 23.8. The van der Waals surface area contributed by atoms with E-state index in [1.807, 2.05) is 51.1 Å². The van der Waals surface area contributed by atoms with Gasteiger partial charge in [0.2, 0.25) is 0 Å². The number of amides is 3. The Morgan fingerprint density at radius 2 is 1.83 bits per heavy atom. The summed E-state index contributed by atoms with van der Waals surface area (Å²) in [5.74, 6) is -0.695. The number of hydrogen-bond donors (Lipinski definition) is 4. The van der Waals surface area contributed by atoms with Crippen molar-refractivity contribution in [2.75, 3.05) is 11.9 Å². The first-order chi connectivity index (χ1) is 16.8. The van der Waals surface area contributed by atoms with Gasteiger partial charge in [-0.3, -0.25) is 14.4 Å². The second-order valence-electron chi connectivity index (χ2n) is 8.54. The van der Waals surface area contributed by atoms with Crippen LogP contribution in [0.4, 0.5) is 5.69 Å². The summed E-state index contributed by atoms with van der Waals surface area (Å²) < 4.78 is 0. The van der Waals surface area contributed by atoms with E-state index in [2.05, 4.69) is 27.5 Å². The molecular weight excluding hydrogens is 440 g/mol. The molecule has 1 aliphatic rings. The second-order valence-corrected chi connectivity index (χ2v) is 8.54. The highest BCUT2D eigenvalue weighted by Gasteiger charge is 2.27. The number of hydrogen-bond acceptors (Lipinski definition) is 3. The number of rotatable bonds is 7. The smallest absolute Gasteiger partial charge is 0.256 e. The Kier molecular flexibility index (Phi) is 6.68. The molecule has 35 heavy (non-hydrogen) atoms. The van der Waals surface area contributed by atoms with Gasteiger partial charge in [-0.15, -0.1) is 6.58 Å². The number of benzene rings is 2. The van der Waals surface area contributed by atoms with Crippen molar-refractivity contribution in [3.8, 4) is 0 Å². The summed E-state index contributed by atoms with van der Waals surface area (Å²) >= 11 is 0. The van der Waals surface area contributed by atoms with Crippen LogP contribution in [0.5, 0.6) is 0 Å². The molecule has 4 N–H and O–H groups in total. The van der Waals surface area contributed by atoms with Crippen LogP contribution in [0, 0.1) is 13.8 Å². The number of anilines is 1. The predicted molar refractivity (Wildman–Crippen MR) is 138 cm³/mol. The van der Waals surface area contributed by atoms with Crippen molar-refractivity contribution in [1.29, 1.82) is 0 Å². The molecule has 2 heterocycles.